The number of carbonyl (C=O) groups is 2. The first-order valence-electron chi connectivity index (χ1n) is 8.80. The second-order valence-electron chi connectivity index (χ2n) is 6.19. The van der Waals surface area contributed by atoms with Gasteiger partial charge in [-0.1, -0.05) is 42.5 Å². The summed E-state index contributed by atoms with van der Waals surface area (Å²) in [5.74, 6) is 0.407. The Kier molecular flexibility index (Phi) is 6.38. The number of fused-ring (bicyclic) bond motifs is 1. The number of hydrogen-bond acceptors (Lipinski definition) is 5. The molecule has 0 aliphatic carbocycles. The fraction of sp³-hybridized carbons (Fsp3) is 0.250. The lowest BCUT2D eigenvalue weighted by Crippen LogP contribution is -2.48. The van der Waals surface area contributed by atoms with Gasteiger partial charge >= 0.3 is 0 Å². The van der Waals surface area contributed by atoms with Gasteiger partial charge in [0.05, 0.1) is 4.70 Å². The number of rotatable bonds is 8. The molecule has 2 amide bonds. The van der Waals surface area contributed by atoms with Crippen molar-refractivity contribution in [3.05, 3.63) is 60.2 Å². The van der Waals surface area contributed by atoms with E-state index in [4.69, 9.17) is 0 Å². The Balaban J connectivity index is 1.52. The number of benzene rings is 2. The van der Waals surface area contributed by atoms with Crippen LogP contribution < -0.4 is 16.0 Å². The van der Waals surface area contributed by atoms with E-state index in [1.165, 1.54) is 18.5 Å². The molecule has 3 N–H and O–H groups in total. The van der Waals surface area contributed by atoms with Crippen molar-refractivity contribution in [2.24, 2.45) is 0 Å². The average Bonchev–Trinajstić information content (AvgIpc) is 3.08. The predicted octanol–water partition coefficient (Wildman–Crippen LogP) is 2.57. The van der Waals surface area contributed by atoms with Crippen LogP contribution in [0.15, 0.2) is 54.6 Å². The van der Waals surface area contributed by atoms with Crippen molar-refractivity contribution in [3.63, 3.8) is 0 Å². The molecule has 3 rings (SSSR count). The normalized spacial score (nSPS) is 11.7. The van der Waals surface area contributed by atoms with Crippen molar-refractivity contribution >= 4 is 39.3 Å². The second kappa shape index (κ2) is 9.14. The van der Waals surface area contributed by atoms with Gasteiger partial charge in [-0.2, -0.15) is 4.37 Å². The Labute approximate surface area is 162 Å². The highest BCUT2D eigenvalue weighted by molar-refractivity contribution is 7.13. The molecular formula is C20H22N4O2S. The lowest BCUT2D eigenvalue weighted by atomic mass is 10.1. The van der Waals surface area contributed by atoms with Gasteiger partial charge in [0.25, 0.3) is 0 Å². The first-order chi connectivity index (χ1) is 13.1. The molecule has 0 aliphatic heterocycles. The lowest BCUT2D eigenvalue weighted by Gasteiger charge is -2.18. The quantitative estimate of drug-likeness (QED) is 0.523. The minimum Gasteiger partial charge on any atom is -0.367 e. The van der Waals surface area contributed by atoms with Crippen LogP contribution in [0.1, 0.15) is 12.5 Å². The molecule has 2 aromatic carbocycles. The van der Waals surface area contributed by atoms with Crippen LogP contribution in [-0.4, -0.2) is 35.3 Å². The second-order valence-corrected chi connectivity index (χ2v) is 6.99. The van der Waals surface area contributed by atoms with E-state index in [0.29, 0.717) is 19.5 Å². The van der Waals surface area contributed by atoms with Crippen LogP contribution in [0.2, 0.25) is 0 Å². The van der Waals surface area contributed by atoms with Crippen LogP contribution in [0.3, 0.4) is 0 Å². The molecule has 3 aromatic rings. The van der Waals surface area contributed by atoms with Gasteiger partial charge in [-0.25, -0.2) is 0 Å². The van der Waals surface area contributed by atoms with Crippen LogP contribution in [0, 0.1) is 0 Å². The van der Waals surface area contributed by atoms with Gasteiger partial charge in [-0.15, -0.1) is 0 Å². The molecular weight excluding hydrogens is 360 g/mol. The molecule has 0 saturated heterocycles. The summed E-state index contributed by atoms with van der Waals surface area (Å²) < 4.78 is 5.53. The smallest absolute Gasteiger partial charge is 0.242 e. The highest BCUT2D eigenvalue weighted by Gasteiger charge is 2.19. The molecule has 0 aliphatic rings. The van der Waals surface area contributed by atoms with Crippen molar-refractivity contribution in [2.75, 3.05) is 18.4 Å². The van der Waals surface area contributed by atoms with E-state index in [2.05, 4.69) is 20.3 Å². The van der Waals surface area contributed by atoms with Crippen molar-refractivity contribution in [2.45, 2.75) is 19.4 Å². The SMILES string of the molecule is CC(=O)N[C@@H](Cc1ccccc1)C(=O)NCCNc1nsc2ccccc12. The molecule has 0 radical (unpaired) electrons. The summed E-state index contributed by atoms with van der Waals surface area (Å²) in [4.78, 5) is 23.9. The molecule has 140 valence electrons. The van der Waals surface area contributed by atoms with E-state index >= 15 is 0 Å². The Morgan fingerprint density at radius 1 is 1.04 bits per heavy atom. The molecule has 1 aromatic heterocycles. The molecule has 0 spiro atoms. The summed E-state index contributed by atoms with van der Waals surface area (Å²) in [6, 6.07) is 17.1. The fourth-order valence-electron chi connectivity index (χ4n) is 2.81. The van der Waals surface area contributed by atoms with Gasteiger partial charge in [0.2, 0.25) is 11.8 Å². The van der Waals surface area contributed by atoms with Crippen LogP contribution >= 0.6 is 11.5 Å². The molecule has 1 atom stereocenters. The highest BCUT2D eigenvalue weighted by Crippen LogP contribution is 2.25. The summed E-state index contributed by atoms with van der Waals surface area (Å²) in [7, 11) is 0. The van der Waals surface area contributed by atoms with Gasteiger partial charge in [0, 0.05) is 31.8 Å². The number of nitrogens with one attached hydrogen (secondary N) is 3. The van der Waals surface area contributed by atoms with E-state index in [9.17, 15) is 9.59 Å². The van der Waals surface area contributed by atoms with Crippen molar-refractivity contribution < 1.29 is 9.59 Å². The van der Waals surface area contributed by atoms with Crippen LogP contribution in [0.4, 0.5) is 5.82 Å². The van der Waals surface area contributed by atoms with Crippen molar-refractivity contribution in [1.82, 2.24) is 15.0 Å². The molecule has 0 bridgehead atoms. The summed E-state index contributed by atoms with van der Waals surface area (Å²) in [6.45, 7) is 2.41. The zero-order valence-corrected chi connectivity index (χ0v) is 15.9. The first-order valence-corrected chi connectivity index (χ1v) is 9.58. The molecule has 0 fully saturated rings. The molecule has 6 nitrogen and oxygen atoms in total. The van der Waals surface area contributed by atoms with E-state index in [1.807, 2.05) is 54.6 Å². The van der Waals surface area contributed by atoms with E-state index in [-0.39, 0.29) is 11.8 Å². The van der Waals surface area contributed by atoms with E-state index in [1.54, 1.807) is 0 Å². The lowest BCUT2D eigenvalue weighted by molar-refractivity contribution is -0.128. The van der Waals surface area contributed by atoms with Gasteiger partial charge in [0.1, 0.15) is 11.9 Å². The number of amides is 2. The van der Waals surface area contributed by atoms with Crippen LogP contribution in [0.5, 0.6) is 0 Å². The molecule has 7 heteroatoms. The maximum atomic E-state index is 12.5. The minimum atomic E-state index is -0.593. The van der Waals surface area contributed by atoms with Gasteiger partial charge < -0.3 is 16.0 Å². The Morgan fingerprint density at radius 3 is 2.56 bits per heavy atom. The number of anilines is 1. The number of nitrogens with zero attached hydrogens (tertiary/aromatic N) is 1. The fourth-order valence-corrected chi connectivity index (χ4v) is 3.56. The maximum absolute atomic E-state index is 12.5. The summed E-state index contributed by atoms with van der Waals surface area (Å²) in [6.07, 6.45) is 0.455. The van der Waals surface area contributed by atoms with E-state index in [0.717, 1.165) is 21.5 Å². The van der Waals surface area contributed by atoms with Crippen molar-refractivity contribution in [1.29, 1.82) is 0 Å². The molecule has 0 unspecified atom stereocenters. The van der Waals surface area contributed by atoms with E-state index < -0.39 is 6.04 Å². The minimum absolute atomic E-state index is 0.195. The molecule has 1 heterocycles. The molecule has 0 saturated carbocycles. The number of hydrogen-bond donors (Lipinski definition) is 3. The third-order valence-electron chi connectivity index (χ3n) is 4.07. The number of carbonyl (C=O) groups excluding carboxylic acids is 2. The summed E-state index contributed by atoms with van der Waals surface area (Å²) in [5.41, 5.74) is 0.999. The average molecular weight is 382 g/mol. The van der Waals surface area contributed by atoms with Crippen LogP contribution in [0.25, 0.3) is 10.1 Å². The van der Waals surface area contributed by atoms with Crippen LogP contribution in [-0.2, 0) is 16.0 Å². The zero-order chi connectivity index (χ0) is 19.1. The summed E-state index contributed by atoms with van der Waals surface area (Å²) >= 11 is 1.44. The Hall–Kier alpha value is -2.93. The van der Waals surface area contributed by atoms with Gasteiger partial charge in [-0.3, -0.25) is 9.59 Å². The third-order valence-corrected chi connectivity index (χ3v) is 4.90. The highest BCUT2D eigenvalue weighted by atomic mass is 32.1. The third kappa shape index (κ3) is 5.27. The van der Waals surface area contributed by atoms with Gasteiger partial charge in [0.15, 0.2) is 0 Å². The summed E-state index contributed by atoms with van der Waals surface area (Å²) in [5, 5.41) is 9.93. The van der Waals surface area contributed by atoms with Crippen molar-refractivity contribution in [3.8, 4) is 0 Å². The zero-order valence-electron chi connectivity index (χ0n) is 15.1. The topological polar surface area (TPSA) is 83.1 Å². The largest absolute Gasteiger partial charge is 0.367 e. The predicted molar refractivity (Wildman–Crippen MR) is 109 cm³/mol. The maximum Gasteiger partial charge on any atom is 0.242 e. The monoisotopic (exact) mass is 382 g/mol. The Morgan fingerprint density at radius 2 is 1.78 bits per heavy atom. The first kappa shape index (κ1) is 18.8. The van der Waals surface area contributed by atoms with Gasteiger partial charge in [-0.05, 0) is 29.2 Å². The number of aromatic nitrogens is 1. The molecule has 27 heavy (non-hydrogen) atoms. The Bertz CT molecular complexity index is 911. The standard InChI is InChI=1S/C20H22N4O2S/c1-14(25)23-17(13-15-7-3-2-4-8-15)20(26)22-12-11-21-19-16-9-5-6-10-18(16)27-24-19/h2-10,17H,11-13H2,1H3,(H,21,24)(H,22,26)(H,23,25)/t17-/m0/s1.